The zero-order chi connectivity index (χ0) is 11.0. The van der Waals surface area contributed by atoms with Crippen LogP contribution in [0.15, 0.2) is 46.4 Å². The van der Waals surface area contributed by atoms with Crippen LogP contribution in [0.25, 0.3) is 0 Å². The molecule has 1 aromatic carbocycles. The third-order valence-electron chi connectivity index (χ3n) is 2.69. The maximum absolute atomic E-state index is 10.1. The Balaban J connectivity index is 2.14. The highest BCUT2D eigenvalue weighted by Crippen LogP contribution is 2.24. The molecule has 1 N–H and O–H groups in total. The number of rotatable bonds is 0. The van der Waals surface area contributed by atoms with Crippen LogP contribution in [-0.4, -0.2) is 23.3 Å². The summed E-state index contributed by atoms with van der Waals surface area (Å²) >= 11 is 0. The highest BCUT2D eigenvalue weighted by molar-refractivity contribution is 6.50. The molecule has 0 atom stereocenters. The molecule has 0 fully saturated rings. The van der Waals surface area contributed by atoms with Crippen LogP contribution < -0.4 is 5.06 Å². The van der Waals surface area contributed by atoms with Crippen molar-refractivity contribution < 1.29 is 5.21 Å². The summed E-state index contributed by atoms with van der Waals surface area (Å²) in [5, 5.41) is 11.3. The lowest BCUT2D eigenvalue weighted by molar-refractivity contribution is 0.313. The summed E-state index contributed by atoms with van der Waals surface area (Å²) in [6, 6.07) is 7.67. The first-order valence-electron chi connectivity index (χ1n) is 5.19. The first kappa shape index (κ1) is 9.30. The van der Waals surface area contributed by atoms with Gasteiger partial charge in [-0.1, -0.05) is 24.3 Å². The lowest BCUT2D eigenvalue weighted by atomic mass is 10.2. The molecule has 0 aliphatic carbocycles. The number of fused-ring (bicyclic) bond motifs is 2. The van der Waals surface area contributed by atoms with E-state index in [2.05, 4.69) is 9.98 Å². The third kappa shape index (κ3) is 1.35. The van der Waals surface area contributed by atoms with E-state index < -0.39 is 0 Å². The maximum atomic E-state index is 10.1. The van der Waals surface area contributed by atoms with Gasteiger partial charge in [0.25, 0.3) is 0 Å². The minimum Gasteiger partial charge on any atom is -0.282 e. The van der Waals surface area contributed by atoms with Crippen LogP contribution in [0.3, 0.4) is 0 Å². The van der Waals surface area contributed by atoms with Gasteiger partial charge in [0, 0.05) is 0 Å². The normalized spacial score (nSPS) is 18.2. The van der Waals surface area contributed by atoms with Crippen LogP contribution in [0, 0.1) is 0 Å². The number of hydrogen-bond donors (Lipinski definition) is 1. The number of amidine groups is 1. The van der Waals surface area contributed by atoms with E-state index >= 15 is 0 Å². The second-order valence-electron chi connectivity index (χ2n) is 3.71. The second-order valence-corrected chi connectivity index (χ2v) is 3.71. The van der Waals surface area contributed by atoms with Crippen molar-refractivity contribution in [3.05, 3.63) is 42.0 Å². The van der Waals surface area contributed by atoms with Crippen molar-refractivity contribution in [3.63, 3.8) is 0 Å². The molecule has 80 valence electrons. The Hall–Kier alpha value is -1.94. The summed E-state index contributed by atoms with van der Waals surface area (Å²) in [6.45, 7) is 1.17. The Kier molecular flexibility index (Phi) is 2.08. The molecular weight excluding hydrogens is 202 g/mol. The molecule has 0 saturated carbocycles. The van der Waals surface area contributed by atoms with E-state index in [1.807, 2.05) is 36.4 Å². The monoisotopic (exact) mass is 213 g/mol. The van der Waals surface area contributed by atoms with E-state index in [1.54, 1.807) is 0 Å². The van der Waals surface area contributed by atoms with Gasteiger partial charge in [0.1, 0.15) is 5.71 Å². The van der Waals surface area contributed by atoms with Crippen LogP contribution in [0.4, 0.5) is 5.69 Å². The molecule has 3 rings (SSSR count). The van der Waals surface area contributed by atoms with E-state index in [1.165, 1.54) is 0 Å². The number of anilines is 1. The van der Waals surface area contributed by atoms with E-state index in [9.17, 15) is 5.21 Å². The van der Waals surface area contributed by atoms with E-state index in [-0.39, 0.29) is 0 Å². The molecular formula is C12H11N3O. The summed E-state index contributed by atoms with van der Waals surface area (Å²) in [5.41, 5.74) is 2.50. The predicted molar refractivity (Wildman–Crippen MR) is 63.3 cm³/mol. The largest absolute Gasteiger partial charge is 0.282 e. The summed E-state index contributed by atoms with van der Waals surface area (Å²) in [6.07, 6.45) is 3.84. The second kappa shape index (κ2) is 3.57. The minimum atomic E-state index is 0.535. The fraction of sp³-hybridized carbons (Fsp3) is 0.167. The number of hydroxylamine groups is 1. The summed E-state index contributed by atoms with van der Waals surface area (Å²) in [5.74, 6) is 0.535. The molecule has 2 heterocycles. The quantitative estimate of drug-likeness (QED) is 0.714. The van der Waals surface area contributed by atoms with Crippen molar-refractivity contribution in [1.29, 1.82) is 0 Å². The summed E-state index contributed by atoms with van der Waals surface area (Å²) in [7, 11) is 0. The van der Waals surface area contributed by atoms with E-state index in [0.29, 0.717) is 18.9 Å². The third-order valence-corrected chi connectivity index (χ3v) is 2.69. The Morgan fingerprint density at radius 1 is 1.19 bits per heavy atom. The van der Waals surface area contributed by atoms with Crippen LogP contribution in [0.2, 0.25) is 0 Å². The average Bonchev–Trinajstić information content (AvgIpc) is 2.49. The molecule has 2 aliphatic rings. The van der Waals surface area contributed by atoms with Gasteiger partial charge < -0.3 is 0 Å². The molecule has 1 aromatic rings. The van der Waals surface area contributed by atoms with E-state index in [4.69, 9.17) is 0 Å². The van der Waals surface area contributed by atoms with Crippen LogP contribution in [0.1, 0.15) is 5.56 Å². The smallest absolute Gasteiger partial charge is 0.179 e. The number of hydrogen-bond acceptors (Lipinski definition) is 4. The highest BCUT2D eigenvalue weighted by Gasteiger charge is 2.22. The average molecular weight is 213 g/mol. The molecule has 2 aliphatic heterocycles. The standard InChI is InChI=1S/C12H11N3O/c16-15-11-6-2-1-4-9(11)8-14-10-5-3-7-13-12(10)15/h1-6,16H,7-8H2. The van der Waals surface area contributed by atoms with Crippen molar-refractivity contribution in [1.82, 2.24) is 0 Å². The zero-order valence-electron chi connectivity index (χ0n) is 8.67. The van der Waals surface area contributed by atoms with E-state index in [0.717, 1.165) is 22.0 Å². The van der Waals surface area contributed by atoms with Crippen molar-refractivity contribution >= 4 is 17.2 Å². The van der Waals surface area contributed by atoms with Gasteiger partial charge in [-0.2, -0.15) is 0 Å². The first-order valence-corrected chi connectivity index (χ1v) is 5.19. The van der Waals surface area contributed by atoms with Gasteiger partial charge >= 0.3 is 0 Å². The van der Waals surface area contributed by atoms with Crippen molar-refractivity contribution in [3.8, 4) is 0 Å². The van der Waals surface area contributed by atoms with Crippen molar-refractivity contribution in [2.75, 3.05) is 11.6 Å². The molecule has 16 heavy (non-hydrogen) atoms. The van der Waals surface area contributed by atoms with Crippen LogP contribution in [0.5, 0.6) is 0 Å². The van der Waals surface area contributed by atoms with Gasteiger partial charge in [-0.05, 0) is 17.7 Å². The number of nitrogens with zero attached hydrogens (tertiary/aromatic N) is 3. The Bertz CT molecular complexity index is 517. The topological polar surface area (TPSA) is 48.2 Å². The number of benzene rings is 1. The number of para-hydroxylation sites is 1. The SMILES string of the molecule is ON1C2=NCC=CC2=NCc2ccccc21. The van der Waals surface area contributed by atoms with Gasteiger partial charge in [0.05, 0.1) is 18.8 Å². The van der Waals surface area contributed by atoms with Crippen molar-refractivity contribution in [2.24, 2.45) is 9.98 Å². The summed E-state index contributed by atoms with van der Waals surface area (Å²) in [4.78, 5) is 8.70. The molecule has 0 amide bonds. The predicted octanol–water partition coefficient (Wildman–Crippen LogP) is 1.81. The summed E-state index contributed by atoms with van der Waals surface area (Å²) < 4.78 is 0. The molecule has 4 nitrogen and oxygen atoms in total. The molecule has 0 saturated heterocycles. The van der Waals surface area contributed by atoms with Crippen molar-refractivity contribution in [2.45, 2.75) is 6.54 Å². The zero-order valence-corrected chi connectivity index (χ0v) is 8.67. The Morgan fingerprint density at radius 2 is 2.06 bits per heavy atom. The van der Waals surface area contributed by atoms with Gasteiger partial charge in [-0.15, -0.1) is 0 Å². The fourth-order valence-corrected chi connectivity index (χ4v) is 1.89. The molecule has 0 radical (unpaired) electrons. The Labute approximate surface area is 93.2 Å². The molecule has 0 spiro atoms. The number of aliphatic imine (C=N–C) groups is 2. The molecule has 0 bridgehead atoms. The van der Waals surface area contributed by atoms with Gasteiger partial charge in [-0.3, -0.25) is 15.2 Å². The Morgan fingerprint density at radius 3 is 3.00 bits per heavy atom. The molecule has 4 heteroatoms. The lowest BCUT2D eigenvalue weighted by Crippen LogP contribution is -2.34. The lowest BCUT2D eigenvalue weighted by Gasteiger charge is -2.19. The first-order chi connectivity index (χ1) is 7.86. The molecule has 0 aromatic heterocycles. The highest BCUT2D eigenvalue weighted by atomic mass is 16.5. The minimum absolute atomic E-state index is 0.535. The molecule has 0 unspecified atom stereocenters. The van der Waals surface area contributed by atoms with Crippen LogP contribution >= 0.6 is 0 Å². The van der Waals surface area contributed by atoms with Gasteiger partial charge in [0.15, 0.2) is 5.84 Å². The van der Waals surface area contributed by atoms with Crippen LogP contribution in [-0.2, 0) is 6.54 Å². The van der Waals surface area contributed by atoms with Gasteiger partial charge in [-0.25, -0.2) is 5.06 Å². The van der Waals surface area contributed by atoms with Gasteiger partial charge in [0.2, 0.25) is 0 Å². The fourth-order valence-electron chi connectivity index (χ4n) is 1.89. The maximum Gasteiger partial charge on any atom is 0.179 e. The number of dihydropyridines is 1.